The van der Waals surface area contributed by atoms with Gasteiger partial charge >= 0.3 is 6.01 Å². The quantitative estimate of drug-likeness (QED) is 0.647. The first-order valence-corrected chi connectivity index (χ1v) is 4.16. The standard InChI is InChI=1S/C7H12N4O/c8-7-11-10-6(12-7)4-5-2-1-3-9-5/h5,9H,1-4H2,(H2,8,11). The van der Waals surface area contributed by atoms with Gasteiger partial charge in [0.2, 0.25) is 5.89 Å². The van der Waals surface area contributed by atoms with Crippen LogP contribution in [0.1, 0.15) is 18.7 Å². The van der Waals surface area contributed by atoms with Crippen molar-refractivity contribution in [3.05, 3.63) is 5.89 Å². The number of nitrogens with zero attached hydrogens (tertiary/aromatic N) is 2. The molecule has 1 fully saturated rings. The van der Waals surface area contributed by atoms with E-state index in [4.69, 9.17) is 10.2 Å². The maximum Gasteiger partial charge on any atom is 0.312 e. The summed E-state index contributed by atoms with van der Waals surface area (Å²) in [4.78, 5) is 0. The van der Waals surface area contributed by atoms with Crippen LogP contribution in [0.2, 0.25) is 0 Å². The number of aromatic nitrogens is 2. The summed E-state index contributed by atoms with van der Waals surface area (Å²) >= 11 is 0. The number of rotatable bonds is 2. The van der Waals surface area contributed by atoms with Crippen LogP contribution in [0.3, 0.4) is 0 Å². The van der Waals surface area contributed by atoms with Crippen LogP contribution in [-0.2, 0) is 6.42 Å². The van der Waals surface area contributed by atoms with Gasteiger partial charge in [-0.2, -0.15) is 0 Å². The first kappa shape index (κ1) is 7.54. The molecular weight excluding hydrogens is 156 g/mol. The van der Waals surface area contributed by atoms with Crippen LogP contribution in [0.5, 0.6) is 0 Å². The van der Waals surface area contributed by atoms with Crippen LogP contribution in [0.15, 0.2) is 4.42 Å². The topological polar surface area (TPSA) is 77.0 Å². The Morgan fingerprint density at radius 1 is 1.58 bits per heavy atom. The van der Waals surface area contributed by atoms with Gasteiger partial charge in [-0.05, 0) is 19.4 Å². The van der Waals surface area contributed by atoms with Crippen molar-refractivity contribution in [3.63, 3.8) is 0 Å². The molecule has 1 aromatic rings. The maximum absolute atomic E-state index is 5.29. The number of nitrogens with two attached hydrogens (primary N) is 1. The second-order valence-corrected chi connectivity index (χ2v) is 3.03. The molecule has 1 aliphatic heterocycles. The van der Waals surface area contributed by atoms with E-state index in [1.165, 1.54) is 12.8 Å². The first-order valence-electron chi connectivity index (χ1n) is 4.16. The minimum absolute atomic E-state index is 0.156. The van der Waals surface area contributed by atoms with E-state index in [9.17, 15) is 0 Å². The van der Waals surface area contributed by atoms with Crippen molar-refractivity contribution in [2.24, 2.45) is 0 Å². The molecule has 0 radical (unpaired) electrons. The lowest BCUT2D eigenvalue weighted by molar-refractivity contribution is 0.466. The normalized spacial score (nSPS) is 23.2. The van der Waals surface area contributed by atoms with Gasteiger partial charge in [0.25, 0.3) is 0 Å². The zero-order valence-corrected chi connectivity index (χ0v) is 6.79. The van der Waals surface area contributed by atoms with Crippen LogP contribution in [0, 0.1) is 0 Å². The molecule has 5 nitrogen and oxygen atoms in total. The minimum atomic E-state index is 0.156. The number of nitrogen functional groups attached to an aromatic ring is 1. The van der Waals surface area contributed by atoms with E-state index in [-0.39, 0.29) is 6.01 Å². The van der Waals surface area contributed by atoms with Crippen LogP contribution < -0.4 is 11.1 Å². The molecule has 1 atom stereocenters. The van der Waals surface area contributed by atoms with Crippen molar-refractivity contribution in [2.45, 2.75) is 25.3 Å². The van der Waals surface area contributed by atoms with Gasteiger partial charge in [0, 0.05) is 12.5 Å². The van der Waals surface area contributed by atoms with E-state index < -0.39 is 0 Å². The molecule has 12 heavy (non-hydrogen) atoms. The van der Waals surface area contributed by atoms with Crippen molar-refractivity contribution in [2.75, 3.05) is 12.3 Å². The molecule has 2 rings (SSSR count). The van der Waals surface area contributed by atoms with Crippen LogP contribution in [0.4, 0.5) is 6.01 Å². The van der Waals surface area contributed by atoms with E-state index in [1.54, 1.807) is 0 Å². The summed E-state index contributed by atoms with van der Waals surface area (Å²) in [6.07, 6.45) is 3.21. The van der Waals surface area contributed by atoms with Gasteiger partial charge in [0.1, 0.15) is 0 Å². The van der Waals surface area contributed by atoms with Gasteiger partial charge in [0.05, 0.1) is 0 Å². The molecule has 2 heterocycles. The average Bonchev–Trinajstić information content (AvgIpc) is 2.63. The highest BCUT2D eigenvalue weighted by Gasteiger charge is 2.17. The Bertz CT molecular complexity index is 254. The lowest BCUT2D eigenvalue weighted by atomic mass is 10.2. The summed E-state index contributed by atoms with van der Waals surface area (Å²) in [5.41, 5.74) is 5.29. The van der Waals surface area contributed by atoms with Crippen molar-refractivity contribution in [1.82, 2.24) is 15.5 Å². The smallest absolute Gasteiger partial charge is 0.312 e. The largest absolute Gasteiger partial charge is 0.408 e. The monoisotopic (exact) mass is 168 g/mol. The fraction of sp³-hybridized carbons (Fsp3) is 0.714. The third-order valence-electron chi connectivity index (χ3n) is 2.07. The highest BCUT2D eigenvalue weighted by Crippen LogP contribution is 2.11. The predicted octanol–water partition coefficient (Wildman–Crippen LogP) is -0.0537. The van der Waals surface area contributed by atoms with Crippen molar-refractivity contribution < 1.29 is 4.42 Å². The Kier molecular flexibility index (Phi) is 1.95. The maximum atomic E-state index is 5.29. The highest BCUT2D eigenvalue weighted by atomic mass is 16.4. The molecule has 1 aromatic heterocycles. The molecule has 0 amide bonds. The van der Waals surface area contributed by atoms with Gasteiger partial charge in [-0.15, -0.1) is 5.10 Å². The van der Waals surface area contributed by atoms with Crippen LogP contribution >= 0.6 is 0 Å². The number of hydrogen-bond acceptors (Lipinski definition) is 5. The molecule has 0 spiro atoms. The highest BCUT2D eigenvalue weighted by molar-refractivity contribution is 5.05. The summed E-state index contributed by atoms with van der Waals surface area (Å²) in [5.74, 6) is 0.631. The number of nitrogens with one attached hydrogen (secondary N) is 1. The van der Waals surface area contributed by atoms with E-state index in [1.807, 2.05) is 0 Å². The van der Waals surface area contributed by atoms with Crippen molar-refractivity contribution >= 4 is 6.01 Å². The second kappa shape index (κ2) is 3.10. The van der Waals surface area contributed by atoms with E-state index in [2.05, 4.69) is 15.5 Å². The Hall–Kier alpha value is -1.10. The molecule has 0 bridgehead atoms. The van der Waals surface area contributed by atoms with E-state index in [0.717, 1.165) is 13.0 Å². The van der Waals surface area contributed by atoms with E-state index in [0.29, 0.717) is 11.9 Å². The van der Waals surface area contributed by atoms with Crippen molar-refractivity contribution in [1.29, 1.82) is 0 Å². The molecule has 5 heteroatoms. The lowest BCUT2D eigenvalue weighted by Crippen LogP contribution is -2.23. The number of anilines is 1. The van der Waals surface area contributed by atoms with Crippen LogP contribution in [0.25, 0.3) is 0 Å². The summed E-state index contributed by atoms with van der Waals surface area (Å²) < 4.78 is 5.06. The Labute approximate surface area is 70.3 Å². The SMILES string of the molecule is Nc1nnc(CC2CCCN2)o1. The summed E-state index contributed by atoms with van der Waals surface area (Å²) in [6.45, 7) is 1.09. The molecule has 0 aliphatic carbocycles. The number of hydrogen-bond donors (Lipinski definition) is 2. The third kappa shape index (κ3) is 1.55. The third-order valence-corrected chi connectivity index (χ3v) is 2.07. The average molecular weight is 168 g/mol. The summed E-state index contributed by atoms with van der Waals surface area (Å²) in [6, 6.07) is 0.646. The van der Waals surface area contributed by atoms with Crippen LogP contribution in [-0.4, -0.2) is 22.8 Å². The Morgan fingerprint density at radius 2 is 2.50 bits per heavy atom. The lowest BCUT2D eigenvalue weighted by Gasteiger charge is -2.04. The Morgan fingerprint density at radius 3 is 3.08 bits per heavy atom. The van der Waals surface area contributed by atoms with Gasteiger partial charge in [-0.1, -0.05) is 5.10 Å². The second-order valence-electron chi connectivity index (χ2n) is 3.03. The summed E-state index contributed by atoms with van der Waals surface area (Å²) in [5, 5.41) is 10.7. The Balaban J connectivity index is 1.94. The first-order chi connectivity index (χ1) is 5.84. The molecule has 1 saturated heterocycles. The molecule has 0 aromatic carbocycles. The fourth-order valence-electron chi connectivity index (χ4n) is 1.49. The zero-order chi connectivity index (χ0) is 8.39. The predicted molar refractivity (Wildman–Crippen MR) is 43.4 cm³/mol. The molecular formula is C7H12N4O. The molecule has 1 unspecified atom stereocenters. The summed E-state index contributed by atoms with van der Waals surface area (Å²) in [7, 11) is 0. The van der Waals surface area contributed by atoms with Gasteiger partial charge < -0.3 is 15.5 Å². The fourth-order valence-corrected chi connectivity index (χ4v) is 1.49. The van der Waals surface area contributed by atoms with E-state index >= 15 is 0 Å². The molecule has 66 valence electrons. The molecule has 0 saturated carbocycles. The minimum Gasteiger partial charge on any atom is -0.408 e. The van der Waals surface area contributed by atoms with Crippen molar-refractivity contribution in [3.8, 4) is 0 Å². The van der Waals surface area contributed by atoms with Gasteiger partial charge in [-0.25, -0.2) is 0 Å². The zero-order valence-electron chi connectivity index (χ0n) is 6.79. The molecule has 3 N–H and O–H groups in total. The van der Waals surface area contributed by atoms with Gasteiger partial charge in [-0.3, -0.25) is 0 Å². The molecule has 1 aliphatic rings. The van der Waals surface area contributed by atoms with Gasteiger partial charge in [0.15, 0.2) is 0 Å².